The van der Waals surface area contributed by atoms with Gasteiger partial charge in [-0.2, -0.15) is 0 Å². The van der Waals surface area contributed by atoms with Crippen molar-refractivity contribution >= 4 is 37.3 Å². The number of sulfonamides is 2. The molecule has 1 N–H and O–H groups in total. The van der Waals surface area contributed by atoms with Crippen LogP contribution in [0.15, 0.2) is 88.7 Å². The second kappa shape index (κ2) is 9.74. The van der Waals surface area contributed by atoms with Gasteiger partial charge in [0.15, 0.2) is 0 Å². The standard InChI is InChI=1S/C23H25N3O5S2/c1-4-26(20-10-6-5-7-11-20)33(30,31)21-15-13-18(14-16-21)23(27)24-19-9-8-12-22(17-19)32(28,29)25(2)3/h5-17H,4H2,1-3H3,(H,24,27). The fraction of sp³-hybridized carbons (Fsp3) is 0.174. The average Bonchev–Trinajstić information content (AvgIpc) is 2.80. The van der Waals surface area contributed by atoms with E-state index in [1.807, 2.05) is 6.07 Å². The van der Waals surface area contributed by atoms with Gasteiger partial charge in [0.05, 0.1) is 15.5 Å². The molecule has 0 saturated carbocycles. The lowest BCUT2D eigenvalue weighted by Gasteiger charge is -2.23. The topological polar surface area (TPSA) is 104 Å². The number of anilines is 2. The van der Waals surface area contributed by atoms with Crippen molar-refractivity contribution in [3.05, 3.63) is 84.4 Å². The molecule has 0 fully saturated rings. The van der Waals surface area contributed by atoms with Gasteiger partial charge in [0, 0.05) is 31.9 Å². The third-order valence-corrected chi connectivity index (χ3v) is 8.63. The van der Waals surface area contributed by atoms with Crippen LogP contribution in [0.1, 0.15) is 17.3 Å². The number of nitrogens with zero attached hydrogens (tertiary/aromatic N) is 2. The van der Waals surface area contributed by atoms with Crippen molar-refractivity contribution in [1.82, 2.24) is 4.31 Å². The van der Waals surface area contributed by atoms with Gasteiger partial charge in [0.2, 0.25) is 10.0 Å². The lowest BCUT2D eigenvalue weighted by Crippen LogP contribution is -2.30. The quantitative estimate of drug-likeness (QED) is 0.524. The molecule has 0 spiro atoms. The molecule has 0 bridgehead atoms. The summed E-state index contributed by atoms with van der Waals surface area (Å²) in [6, 6.07) is 20.3. The Morgan fingerprint density at radius 1 is 0.788 bits per heavy atom. The van der Waals surface area contributed by atoms with Crippen LogP contribution < -0.4 is 9.62 Å². The van der Waals surface area contributed by atoms with Gasteiger partial charge < -0.3 is 5.32 Å². The maximum Gasteiger partial charge on any atom is 0.264 e. The van der Waals surface area contributed by atoms with E-state index in [2.05, 4.69) is 5.32 Å². The lowest BCUT2D eigenvalue weighted by atomic mass is 10.2. The molecule has 0 heterocycles. The molecule has 0 atom stereocenters. The van der Waals surface area contributed by atoms with Crippen LogP contribution in [0.4, 0.5) is 11.4 Å². The highest BCUT2D eigenvalue weighted by molar-refractivity contribution is 7.92. The summed E-state index contributed by atoms with van der Waals surface area (Å²) in [5, 5.41) is 2.65. The molecule has 0 aliphatic heterocycles. The van der Waals surface area contributed by atoms with Crippen LogP contribution >= 0.6 is 0 Å². The summed E-state index contributed by atoms with van der Waals surface area (Å²) < 4.78 is 53.2. The zero-order chi connectivity index (χ0) is 24.2. The number of carbonyl (C=O) groups is 1. The lowest BCUT2D eigenvalue weighted by molar-refractivity contribution is 0.102. The second-order valence-corrected chi connectivity index (χ2v) is 11.3. The Balaban J connectivity index is 1.81. The van der Waals surface area contributed by atoms with E-state index in [1.165, 1.54) is 60.9 Å². The van der Waals surface area contributed by atoms with Crippen molar-refractivity contribution in [2.45, 2.75) is 16.7 Å². The van der Waals surface area contributed by atoms with Crippen LogP contribution in [-0.4, -0.2) is 47.7 Å². The van der Waals surface area contributed by atoms with Crippen LogP contribution in [0.2, 0.25) is 0 Å². The van der Waals surface area contributed by atoms with Crippen LogP contribution in [0.3, 0.4) is 0 Å². The first-order chi connectivity index (χ1) is 15.6. The molecule has 174 valence electrons. The predicted octanol–water partition coefficient (Wildman–Crippen LogP) is 3.40. The highest BCUT2D eigenvalue weighted by Crippen LogP contribution is 2.24. The number of nitrogens with one attached hydrogen (secondary N) is 1. The number of hydrogen-bond acceptors (Lipinski definition) is 5. The van der Waals surface area contributed by atoms with E-state index in [-0.39, 0.29) is 21.9 Å². The molecular formula is C23H25N3O5S2. The van der Waals surface area contributed by atoms with Gasteiger partial charge in [-0.1, -0.05) is 24.3 Å². The average molecular weight is 488 g/mol. The molecule has 3 aromatic carbocycles. The summed E-state index contributed by atoms with van der Waals surface area (Å²) in [6.45, 7) is 2.00. The Kier molecular flexibility index (Phi) is 7.21. The summed E-state index contributed by atoms with van der Waals surface area (Å²) in [7, 11) is -4.60. The van der Waals surface area contributed by atoms with Gasteiger partial charge in [-0.05, 0) is 61.5 Å². The number of carbonyl (C=O) groups excluding carboxylic acids is 1. The zero-order valence-corrected chi connectivity index (χ0v) is 20.1. The molecule has 0 saturated heterocycles. The van der Waals surface area contributed by atoms with Gasteiger partial charge >= 0.3 is 0 Å². The zero-order valence-electron chi connectivity index (χ0n) is 18.5. The number of benzene rings is 3. The first-order valence-electron chi connectivity index (χ1n) is 10.1. The molecule has 0 radical (unpaired) electrons. The van der Waals surface area contributed by atoms with Gasteiger partial charge in [-0.15, -0.1) is 0 Å². The van der Waals surface area contributed by atoms with Gasteiger partial charge in [0.1, 0.15) is 0 Å². The minimum Gasteiger partial charge on any atom is -0.322 e. The molecule has 33 heavy (non-hydrogen) atoms. The van der Waals surface area contributed by atoms with E-state index in [0.717, 1.165) is 4.31 Å². The maximum absolute atomic E-state index is 13.1. The monoisotopic (exact) mass is 487 g/mol. The fourth-order valence-corrected chi connectivity index (χ4v) is 5.56. The van der Waals surface area contributed by atoms with Crippen LogP contribution in [0.25, 0.3) is 0 Å². The Hall–Kier alpha value is -3.21. The van der Waals surface area contributed by atoms with E-state index in [4.69, 9.17) is 0 Å². The first-order valence-corrected chi connectivity index (χ1v) is 13.0. The second-order valence-electron chi connectivity index (χ2n) is 7.30. The number of amides is 1. The van der Waals surface area contributed by atoms with Crippen molar-refractivity contribution in [3.8, 4) is 0 Å². The number of para-hydroxylation sites is 1. The van der Waals surface area contributed by atoms with E-state index in [9.17, 15) is 21.6 Å². The Morgan fingerprint density at radius 3 is 2.00 bits per heavy atom. The summed E-state index contributed by atoms with van der Waals surface area (Å²) in [5.41, 5.74) is 1.09. The molecule has 0 aromatic heterocycles. The minimum absolute atomic E-state index is 0.0484. The molecule has 3 rings (SSSR count). The highest BCUT2D eigenvalue weighted by Gasteiger charge is 2.24. The van der Waals surface area contributed by atoms with Gasteiger partial charge in [-0.25, -0.2) is 21.1 Å². The Labute approximate surface area is 194 Å². The van der Waals surface area contributed by atoms with Crippen LogP contribution in [0, 0.1) is 0 Å². The third-order valence-electron chi connectivity index (χ3n) is 4.91. The number of rotatable bonds is 8. The molecule has 0 unspecified atom stereocenters. The molecule has 3 aromatic rings. The number of hydrogen-bond donors (Lipinski definition) is 1. The van der Waals surface area contributed by atoms with E-state index >= 15 is 0 Å². The maximum atomic E-state index is 13.1. The first kappa shape index (κ1) is 24.4. The minimum atomic E-state index is -3.81. The van der Waals surface area contributed by atoms with Crippen LogP contribution in [0.5, 0.6) is 0 Å². The molecule has 0 aliphatic rings. The van der Waals surface area contributed by atoms with E-state index in [0.29, 0.717) is 11.4 Å². The van der Waals surface area contributed by atoms with E-state index < -0.39 is 26.0 Å². The third kappa shape index (κ3) is 5.24. The highest BCUT2D eigenvalue weighted by atomic mass is 32.2. The molecule has 10 heteroatoms. The molecule has 1 amide bonds. The van der Waals surface area contributed by atoms with Crippen molar-refractivity contribution in [1.29, 1.82) is 0 Å². The normalized spacial score (nSPS) is 11.9. The van der Waals surface area contributed by atoms with Gasteiger partial charge in [0.25, 0.3) is 15.9 Å². The SMILES string of the molecule is CCN(c1ccccc1)S(=O)(=O)c1ccc(C(=O)Nc2cccc(S(=O)(=O)N(C)C)c2)cc1. The van der Waals surface area contributed by atoms with Crippen LogP contribution in [-0.2, 0) is 20.0 Å². The Morgan fingerprint density at radius 2 is 1.42 bits per heavy atom. The summed E-state index contributed by atoms with van der Waals surface area (Å²) in [6.07, 6.45) is 0. The molecule has 0 aliphatic carbocycles. The largest absolute Gasteiger partial charge is 0.322 e. The summed E-state index contributed by atoms with van der Waals surface area (Å²) in [4.78, 5) is 12.8. The van der Waals surface area contributed by atoms with Gasteiger partial charge in [-0.3, -0.25) is 9.10 Å². The van der Waals surface area contributed by atoms with Crippen molar-refractivity contribution in [2.75, 3.05) is 30.3 Å². The van der Waals surface area contributed by atoms with E-state index in [1.54, 1.807) is 37.3 Å². The van der Waals surface area contributed by atoms with Crippen molar-refractivity contribution in [2.24, 2.45) is 0 Å². The van der Waals surface area contributed by atoms with Crippen molar-refractivity contribution < 1.29 is 21.6 Å². The Bertz CT molecular complexity index is 1340. The summed E-state index contributed by atoms with van der Waals surface area (Å²) in [5.74, 6) is -0.492. The summed E-state index contributed by atoms with van der Waals surface area (Å²) >= 11 is 0. The van der Waals surface area contributed by atoms with Crippen molar-refractivity contribution in [3.63, 3.8) is 0 Å². The molecular weight excluding hydrogens is 462 g/mol. The predicted molar refractivity (Wildman–Crippen MR) is 128 cm³/mol. The molecule has 8 nitrogen and oxygen atoms in total. The fourth-order valence-electron chi connectivity index (χ4n) is 3.14. The smallest absolute Gasteiger partial charge is 0.264 e.